The predicted octanol–water partition coefficient (Wildman–Crippen LogP) is 2.75. The molecule has 10 nitrogen and oxygen atoms in total. The lowest BCUT2D eigenvalue weighted by Crippen LogP contribution is -2.54. The van der Waals surface area contributed by atoms with Gasteiger partial charge >= 0.3 is 5.97 Å². The minimum Gasteiger partial charge on any atom is -0.497 e. The molecule has 0 aromatic heterocycles. The fourth-order valence-electron chi connectivity index (χ4n) is 5.28. The predicted molar refractivity (Wildman–Crippen MR) is 149 cm³/mol. The van der Waals surface area contributed by atoms with Crippen LogP contribution in [0.3, 0.4) is 0 Å². The summed E-state index contributed by atoms with van der Waals surface area (Å²) in [5.41, 5.74) is 0.378. The van der Waals surface area contributed by atoms with Gasteiger partial charge in [-0.1, -0.05) is 42.0 Å². The van der Waals surface area contributed by atoms with Gasteiger partial charge in [0.15, 0.2) is 5.78 Å². The highest BCUT2D eigenvalue weighted by molar-refractivity contribution is 7.89. The molecule has 0 saturated carbocycles. The van der Waals surface area contributed by atoms with Gasteiger partial charge in [-0.3, -0.25) is 19.2 Å². The standard InChI is InChI=1S/C30H32N2O8S/c1-20-5-11-27(12-6-20)41(37,38)32(21(2)33)28-18-30(15-13-25(35)14-16-30)31(29(28)36)24(19-40-22(3)34)17-23-7-9-26(39-4)10-8-23/h5-16,24,28H,17-19H2,1-4H3/t24-,28-/m0/s1. The van der Waals surface area contributed by atoms with Gasteiger partial charge in [-0.05, 0) is 55.3 Å². The molecule has 4 rings (SSSR count). The maximum Gasteiger partial charge on any atom is 0.302 e. The summed E-state index contributed by atoms with van der Waals surface area (Å²) in [5.74, 6) is -1.69. The van der Waals surface area contributed by atoms with E-state index in [9.17, 15) is 27.6 Å². The maximum absolute atomic E-state index is 14.3. The first-order chi connectivity index (χ1) is 19.4. The smallest absolute Gasteiger partial charge is 0.302 e. The second-order valence-electron chi connectivity index (χ2n) is 10.1. The summed E-state index contributed by atoms with van der Waals surface area (Å²) in [6, 6.07) is 11.0. The molecule has 1 fully saturated rings. The molecule has 0 N–H and O–H groups in total. The van der Waals surface area contributed by atoms with Crippen LogP contribution >= 0.6 is 0 Å². The van der Waals surface area contributed by atoms with Crippen molar-refractivity contribution in [3.63, 3.8) is 0 Å². The minimum atomic E-state index is -4.42. The number of amides is 2. The largest absolute Gasteiger partial charge is 0.497 e. The average Bonchev–Trinajstić information content (AvgIpc) is 3.19. The summed E-state index contributed by atoms with van der Waals surface area (Å²) in [7, 11) is -2.88. The number of hydrogen-bond acceptors (Lipinski definition) is 8. The highest BCUT2D eigenvalue weighted by atomic mass is 32.2. The lowest BCUT2D eigenvalue weighted by molar-refractivity contribution is -0.147. The van der Waals surface area contributed by atoms with E-state index in [1.807, 2.05) is 12.1 Å². The third-order valence-electron chi connectivity index (χ3n) is 7.21. The Morgan fingerprint density at radius 2 is 1.63 bits per heavy atom. The van der Waals surface area contributed by atoms with Gasteiger partial charge in [-0.25, -0.2) is 12.7 Å². The fraction of sp³-hybridized carbons (Fsp3) is 0.333. The van der Waals surface area contributed by atoms with Crippen LogP contribution in [0.1, 0.15) is 31.4 Å². The molecule has 2 atom stereocenters. The summed E-state index contributed by atoms with van der Waals surface area (Å²) in [6.45, 7) is 3.95. The molecule has 2 aromatic rings. The van der Waals surface area contributed by atoms with Crippen molar-refractivity contribution in [3.8, 4) is 5.75 Å². The summed E-state index contributed by atoms with van der Waals surface area (Å²) in [6.07, 6.45) is 5.81. The quantitative estimate of drug-likeness (QED) is 0.415. The maximum atomic E-state index is 14.3. The Kier molecular flexibility index (Phi) is 8.48. The molecule has 11 heteroatoms. The average molecular weight is 581 g/mol. The van der Waals surface area contributed by atoms with Crippen LogP contribution in [0.4, 0.5) is 0 Å². The van der Waals surface area contributed by atoms with Crippen molar-refractivity contribution in [1.29, 1.82) is 0 Å². The Balaban J connectivity index is 1.80. The molecule has 1 aliphatic heterocycles. The summed E-state index contributed by atoms with van der Waals surface area (Å²) < 4.78 is 38.7. The van der Waals surface area contributed by atoms with E-state index in [1.165, 1.54) is 36.1 Å². The number of aryl methyl sites for hydroxylation is 1. The third-order valence-corrected chi connectivity index (χ3v) is 9.11. The summed E-state index contributed by atoms with van der Waals surface area (Å²) >= 11 is 0. The number of sulfonamides is 1. The molecule has 1 heterocycles. The number of methoxy groups -OCH3 is 1. The van der Waals surface area contributed by atoms with Crippen LogP contribution in [0.15, 0.2) is 77.7 Å². The van der Waals surface area contributed by atoms with Crippen LogP contribution in [-0.2, 0) is 40.4 Å². The van der Waals surface area contributed by atoms with E-state index >= 15 is 0 Å². The van der Waals surface area contributed by atoms with Crippen LogP contribution < -0.4 is 4.74 Å². The number of hydrogen-bond donors (Lipinski definition) is 0. The molecular weight excluding hydrogens is 548 g/mol. The molecule has 0 bridgehead atoms. The zero-order chi connectivity index (χ0) is 29.9. The van der Waals surface area contributed by atoms with Crippen LogP contribution in [0, 0.1) is 6.92 Å². The van der Waals surface area contributed by atoms with E-state index in [1.54, 1.807) is 50.5 Å². The molecule has 2 aromatic carbocycles. The molecule has 2 amide bonds. The summed E-state index contributed by atoms with van der Waals surface area (Å²) in [4.78, 5) is 52.4. The molecule has 41 heavy (non-hydrogen) atoms. The van der Waals surface area contributed by atoms with Crippen molar-refractivity contribution in [2.45, 2.75) is 56.1 Å². The first kappa shape index (κ1) is 29.7. The van der Waals surface area contributed by atoms with E-state index in [0.717, 1.165) is 18.1 Å². The van der Waals surface area contributed by atoms with Crippen LogP contribution in [0.2, 0.25) is 0 Å². The van der Waals surface area contributed by atoms with Gasteiger partial charge in [0.05, 0.1) is 23.6 Å². The normalized spacial score (nSPS) is 18.4. The third kappa shape index (κ3) is 6.09. The summed E-state index contributed by atoms with van der Waals surface area (Å²) in [5, 5.41) is 0. The number of carbonyl (C=O) groups is 4. The van der Waals surface area contributed by atoms with Gasteiger partial charge in [0.1, 0.15) is 18.4 Å². The van der Waals surface area contributed by atoms with Crippen LogP contribution in [0.5, 0.6) is 5.75 Å². The number of ketones is 1. The Hall–Kier alpha value is -4.25. The second kappa shape index (κ2) is 11.7. The van der Waals surface area contributed by atoms with E-state index in [4.69, 9.17) is 9.47 Å². The molecule has 0 unspecified atom stereocenters. The van der Waals surface area contributed by atoms with Crippen molar-refractivity contribution in [2.24, 2.45) is 0 Å². The molecular formula is C30H32N2O8S. The number of carbonyl (C=O) groups excluding carboxylic acids is 4. The van der Waals surface area contributed by atoms with Gasteiger partial charge in [0.25, 0.3) is 10.0 Å². The zero-order valence-electron chi connectivity index (χ0n) is 23.3. The van der Waals surface area contributed by atoms with Gasteiger partial charge in [-0.15, -0.1) is 0 Å². The Labute approximate surface area is 239 Å². The minimum absolute atomic E-state index is 0.127. The van der Waals surface area contributed by atoms with Crippen molar-refractivity contribution in [2.75, 3.05) is 13.7 Å². The molecule has 216 valence electrons. The van der Waals surface area contributed by atoms with Crippen molar-refractivity contribution >= 4 is 33.6 Å². The molecule has 2 aliphatic rings. The first-order valence-corrected chi connectivity index (χ1v) is 14.5. The second-order valence-corrected chi connectivity index (χ2v) is 11.9. The van der Waals surface area contributed by atoms with Gasteiger partial charge < -0.3 is 14.4 Å². The van der Waals surface area contributed by atoms with E-state index in [0.29, 0.717) is 10.1 Å². The fourth-order valence-corrected chi connectivity index (χ4v) is 6.82. The number of benzene rings is 2. The Morgan fingerprint density at radius 3 is 2.17 bits per heavy atom. The first-order valence-electron chi connectivity index (χ1n) is 13.0. The lowest BCUT2D eigenvalue weighted by atomic mass is 9.88. The van der Waals surface area contributed by atoms with E-state index in [2.05, 4.69) is 0 Å². The molecule has 1 saturated heterocycles. The highest BCUT2D eigenvalue weighted by Crippen LogP contribution is 2.41. The topological polar surface area (TPSA) is 127 Å². The highest BCUT2D eigenvalue weighted by Gasteiger charge is 2.56. The van der Waals surface area contributed by atoms with E-state index in [-0.39, 0.29) is 30.1 Å². The number of allylic oxidation sites excluding steroid dienone is 2. The number of esters is 1. The van der Waals surface area contributed by atoms with Crippen molar-refractivity contribution in [1.82, 2.24) is 9.21 Å². The monoisotopic (exact) mass is 580 g/mol. The van der Waals surface area contributed by atoms with E-state index < -0.39 is 45.4 Å². The Bertz CT molecular complexity index is 1490. The zero-order valence-corrected chi connectivity index (χ0v) is 24.1. The molecule has 1 spiro atoms. The van der Waals surface area contributed by atoms with Crippen molar-refractivity contribution < 1.29 is 37.1 Å². The Morgan fingerprint density at radius 1 is 1.02 bits per heavy atom. The number of nitrogens with zero attached hydrogens (tertiary/aromatic N) is 2. The van der Waals surface area contributed by atoms with Crippen molar-refractivity contribution in [3.05, 3.63) is 84.0 Å². The van der Waals surface area contributed by atoms with Gasteiger partial charge in [0.2, 0.25) is 11.8 Å². The number of rotatable bonds is 9. The van der Waals surface area contributed by atoms with Gasteiger partial charge in [0, 0.05) is 20.3 Å². The van der Waals surface area contributed by atoms with Crippen LogP contribution in [-0.4, -0.2) is 72.5 Å². The van der Waals surface area contributed by atoms with Gasteiger partial charge in [-0.2, -0.15) is 0 Å². The SMILES string of the molecule is COc1ccc(C[C@@H](COC(C)=O)N2C(=O)[C@@H](N(C(C)=O)S(=O)(=O)c3ccc(C)cc3)CC23C=CC(=O)C=C3)cc1. The number of ether oxygens (including phenoxy) is 2. The molecule has 1 aliphatic carbocycles. The van der Waals surface area contributed by atoms with Crippen LogP contribution in [0.25, 0.3) is 0 Å². The number of likely N-dealkylation sites (tertiary alicyclic amines) is 1. The molecule has 0 radical (unpaired) electrons. The lowest BCUT2D eigenvalue weighted by Gasteiger charge is -2.40.